The second-order valence-corrected chi connectivity index (χ2v) is 5.93. The highest BCUT2D eigenvalue weighted by Gasteiger charge is 2.23. The van der Waals surface area contributed by atoms with Crippen LogP contribution in [0.2, 0.25) is 0 Å². The first-order valence-electron chi connectivity index (χ1n) is 8.45. The average molecular weight is 327 g/mol. The van der Waals surface area contributed by atoms with E-state index < -0.39 is 0 Å². The Morgan fingerprint density at radius 2 is 1.79 bits per heavy atom. The molecule has 3 rings (SSSR count). The number of para-hydroxylation sites is 1. The molecule has 1 aliphatic heterocycles. The van der Waals surface area contributed by atoms with Gasteiger partial charge in [0.2, 0.25) is 0 Å². The smallest absolute Gasteiger partial charge is 0.161 e. The molecule has 2 aromatic carbocycles. The summed E-state index contributed by atoms with van der Waals surface area (Å²) >= 11 is 0. The number of methoxy groups -OCH3 is 2. The topological polar surface area (TPSA) is 39.7 Å². The Balaban J connectivity index is 1.81. The normalized spacial score (nSPS) is 16.4. The van der Waals surface area contributed by atoms with Crippen LogP contribution in [0.5, 0.6) is 17.2 Å². The maximum Gasteiger partial charge on any atom is 0.161 e. The van der Waals surface area contributed by atoms with Crippen molar-refractivity contribution < 1.29 is 14.2 Å². The standard InChI is InChI=1S/C20H25NO3/c1-4-14-7-5-6-8-18(14)24-13-17-16-12-20(23-3)19(22-2)11-15(16)9-10-21-17/h5-8,11-12,17,21H,4,9-10,13H2,1-3H3. The third-order valence-corrected chi connectivity index (χ3v) is 4.56. The third-order valence-electron chi connectivity index (χ3n) is 4.56. The second kappa shape index (κ2) is 7.58. The van der Waals surface area contributed by atoms with Crippen LogP contribution in [0.1, 0.15) is 29.7 Å². The van der Waals surface area contributed by atoms with E-state index in [0.717, 1.165) is 36.6 Å². The number of hydrogen-bond donors (Lipinski definition) is 1. The summed E-state index contributed by atoms with van der Waals surface area (Å²) in [6.07, 6.45) is 1.95. The van der Waals surface area contributed by atoms with E-state index in [2.05, 4.69) is 36.5 Å². The summed E-state index contributed by atoms with van der Waals surface area (Å²) in [6, 6.07) is 12.5. The maximum atomic E-state index is 6.12. The zero-order valence-electron chi connectivity index (χ0n) is 14.6. The van der Waals surface area contributed by atoms with Crippen molar-refractivity contribution in [2.45, 2.75) is 25.8 Å². The quantitative estimate of drug-likeness (QED) is 0.881. The fraction of sp³-hybridized carbons (Fsp3) is 0.400. The summed E-state index contributed by atoms with van der Waals surface area (Å²) in [6.45, 7) is 3.68. The van der Waals surface area contributed by atoms with Gasteiger partial charge in [-0.1, -0.05) is 25.1 Å². The minimum atomic E-state index is 0.151. The third kappa shape index (κ3) is 3.34. The van der Waals surface area contributed by atoms with Gasteiger partial charge in [-0.05, 0) is 54.3 Å². The first-order valence-corrected chi connectivity index (χ1v) is 8.45. The fourth-order valence-electron chi connectivity index (χ4n) is 3.23. The summed E-state index contributed by atoms with van der Waals surface area (Å²) < 4.78 is 17.0. The van der Waals surface area contributed by atoms with Crippen molar-refractivity contribution >= 4 is 0 Å². The van der Waals surface area contributed by atoms with Crippen LogP contribution in [0.15, 0.2) is 36.4 Å². The molecule has 0 aliphatic carbocycles. The molecule has 0 saturated heterocycles. The van der Waals surface area contributed by atoms with Gasteiger partial charge >= 0.3 is 0 Å². The van der Waals surface area contributed by atoms with Gasteiger partial charge < -0.3 is 19.5 Å². The van der Waals surface area contributed by atoms with Crippen molar-refractivity contribution in [2.24, 2.45) is 0 Å². The van der Waals surface area contributed by atoms with Crippen LogP contribution in [0, 0.1) is 0 Å². The van der Waals surface area contributed by atoms with E-state index >= 15 is 0 Å². The van der Waals surface area contributed by atoms with Crippen molar-refractivity contribution in [1.29, 1.82) is 0 Å². The maximum absolute atomic E-state index is 6.12. The van der Waals surface area contributed by atoms with Crippen LogP contribution < -0.4 is 19.5 Å². The number of ether oxygens (including phenoxy) is 3. The van der Waals surface area contributed by atoms with Gasteiger partial charge in [0.25, 0.3) is 0 Å². The van der Waals surface area contributed by atoms with Crippen molar-refractivity contribution in [3.05, 3.63) is 53.1 Å². The zero-order valence-corrected chi connectivity index (χ0v) is 14.6. The van der Waals surface area contributed by atoms with Gasteiger partial charge in [0.05, 0.1) is 20.3 Å². The minimum Gasteiger partial charge on any atom is -0.493 e. The van der Waals surface area contributed by atoms with E-state index in [-0.39, 0.29) is 6.04 Å². The molecule has 128 valence electrons. The Morgan fingerprint density at radius 3 is 2.54 bits per heavy atom. The molecule has 1 atom stereocenters. The molecule has 0 spiro atoms. The molecule has 1 heterocycles. The fourth-order valence-corrected chi connectivity index (χ4v) is 3.23. The summed E-state index contributed by atoms with van der Waals surface area (Å²) in [5, 5.41) is 3.55. The molecular weight excluding hydrogens is 302 g/mol. The highest BCUT2D eigenvalue weighted by atomic mass is 16.5. The molecular formula is C20H25NO3. The Hall–Kier alpha value is -2.20. The molecule has 0 aromatic heterocycles. The lowest BCUT2D eigenvalue weighted by Crippen LogP contribution is -2.33. The molecule has 0 saturated carbocycles. The monoisotopic (exact) mass is 327 g/mol. The van der Waals surface area contributed by atoms with Gasteiger partial charge in [-0.2, -0.15) is 0 Å². The summed E-state index contributed by atoms with van der Waals surface area (Å²) in [5.41, 5.74) is 3.76. The zero-order chi connectivity index (χ0) is 16.9. The number of hydrogen-bond acceptors (Lipinski definition) is 4. The Labute approximate surface area is 143 Å². The summed E-state index contributed by atoms with van der Waals surface area (Å²) in [4.78, 5) is 0. The predicted octanol–water partition coefficient (Wildman–Crippen LogP) is 3.53. The van der Waals surface area contributed by atoms with Gasteiger partial charge in [0.15, 0.2) is 11.5 Å². The minimum absolute atomic E-state index is 0.151. The molecule has 1 N–H and O–H groups in total. The molecule has 0 fully saturated rings. The van der Waals surface area contributed by atoms with Crippen LogP contribution in [0.25, 0.3) is 0 Å². The van der Waals surface area contributed by atoms with Gasteiger partial charge in [-0.15, -0.1) is 0 Å². The number of fused-ring (bicyclic) bond motifs is 1. The second-order valence-electron chi connectivity index (χ2n) is 5.93. The highest BCUT2D eigenvalue weighted by Crippen LogP contribution is 2.35. The van der Waals surface area contributed by atoms with Gasteiger partial charge in [-0.3, -0.25) is 0 Å². The Morgan fingerprint density at radius 1 is 1.04 bits per heavy atom. The van der Waals surface area contributed by atoms with E-state index in [9.17, 15) is 0 Å². The Bertz CT molecular complexity index is 699. The van der Waals surface area contributed by atoms with Crippen LogP contribution in [-0.2, 0) is 12.8 Å². The molecule has 1 unspecified atom stereocenters. The van der Waals surface area contributed by atoms with Gasteiger partial charge in [-0.25, -0.2) is 0 Å². The lowest BCUT2D eigenvalue weighted by Gasteiger charge is -2.28. The van der Waals surface area contributed by atoms with Crippen LogP contribution >= 0.6 is 0 Å². The molecule has 24 heavy (non-hydrogen) atoms. The number of nitrogens with one attached hydrogen (secondary N) is 1. The lowest BCUT2D eigenvalue weighted by atomic mass is 9.94. The number of aryl methyl sites for hydroxylation is 1. The van der Waals surface area contributed by atoms with Crippen molar-refractivity contribution in [3.63, 3.8) is 0 Å². The molecule has 0 bridgehead atoms. The average Bonchev–Trinajstić information content (AvgIpc) is 2.65. The van der Waals surface area contributed by atoms with E-state index in [4.69, 9.17) is 14.2 Å². The molecule has 1 aliphatic rings. The highest BCUT2D eigenvalue weighted by molar-refractivity contribution is 5.49. The molecule has 0 amide bonds. The van der Waals surface area contributed by atoms with Crippen LogP contribution in [0.3, 0.4) is 0 Å². The van der Waals surface area contributed by atoms with Crippen molar-refractivity contribution in [1.82, 2.24) is 5.32 Å². The lowest BCUT2D eigenvalue weighted by molar-refractivity contribution is 0.258. The Kier molecular flexibility index (Phi) is 5.26. The largest absolute Gasteiger partial charge is 0.493 e. The van der Waals surface area contributed by atoms with Gasteiger partial charge in [0, 0.05) is 0 Å². The molecule has 2 aromatic rings. The molecule has 4 heteroatoms. The van der Waals surface area contributed by atoms with E-state index in [0.29, 0.717) is 6.61 Å². The van der Waals surface area contributed by atoms with E-state index in [1.54, 1.807) is 14.2 Å². The van der Waals surface area contributed by atoms with Gasteiger partial charge in [0.1, 0.15) is 12.4 Å². The number of benzene rings is 2. The van der Waals surface area contributed by atoms with E-state index in [1.807, 2.05) is 12.1 Å². The SMILES string of the molecule is CCc1ccccc1OCC1NCCc2cc(OC)c(OC)cc21. The molecule has 0 radical (unpaired) electrons. The first kappa shape index (κ1) is 16.7. The van der Waals surface area contributed by atoms with Crippen LogP contribution in [0.4, 0.5) is 0 Å². The number of rotatable bonds is 6. The summed E-state index contributed by atoms with van der Waals surface area (Å²) in [5.74, 6) is 2.52. The van der Waals surface area contributed by atoms with Crippen molar-refractivity contribution in [2.75, 3.05) is 27.4 Å². The summed E-state index contributed by atoms with van der Waals surface area (Å²) in [7, 11) is 3.34. The molecule has 4 nitrogen and oxygen atoms in total. The van der Waals surface area contributed by atoms with Crippen LogP contribution in [-0.4, -0.2) is 27.4 Å². The first-order chi connectivity index (χ1) is 11.8. The van der Waals surface area contributed by atoms with E-state index in [1.165, 1.54) is 16.7 Å². The predicted molar refractivity (Wildman–Crippen MR) is 95.3 cm³/mol. The van der Waals surface area contributed by atoms with Crippen molar-refractivity contribution in [3.8, 4) is 17.2 Å².